The molecule has 2 saturated heterocycles. The number of rotatable bonds is 4. The van der Waals surface area contributed by atoms with Gasteiger partial charge in [0.25, 0.3) is 0 Å². The van der Waals surface area contributed by atoms with E-state index in [1.807, 2.05) is 0 Å². The van der Waals surface area contributed by atoms with Crippen LogP contribution in [-0.2, 0) is 9.47 Å². The molecule has 2 rings (SSSR count). The minimum Gasteiger partial charge on any atom is -0.349 e. The minimum absolute atomic E-state index is 0. The summed E-state index contributed by atoms with van der Waals surface area (Å²) in [5, 5.41) is 0. The van der Waals surface area contributed by atoms with E-state index in [0.29, 0.717) is 0 Å². The first-order valence-electron chi connectivity index (χ1n) is 9.06. The van der Waals surface area contributed by atoms with Gasteiger partial charge in [0.2, 0.25) is 0 Å². The Bertz CT molecular complexity index is 362. The van der Waals surface area contributed by atoms with Crippen molar-refractivity contribution in [2.75, 3.05) is 20.3 Å². The van der Waals surface area contributed by atoms with Crippen LogP contribution in [0.15, 0.2) is 0 Å². The lowest BCUT2D eigenvalue weighted by molar-refractivity contribution is -0.339. The molecule has 0 unspecified atom stereocenters. The van der Waals surface area contributed by atoms with Gasteiger partial charge in [0.1, 0.15) is 0 Å². The van der Waals surface area contributed by atoms with E-state index in [0.717, 1.165) is 26.1 Å². The van der Waals surface area contributed by atoms with Crippen LogP contribution in [0.5, 0.6) is 0 Å². The first-order chi connectivity index (χ1) is 10.0. The normalized spacial score (nSPS) is 23.2. The molecule has 3 heteroatoms. The molecular formula is C25H61NO2. The van der Waals surface area contributed by atoms with Crippen molar-refractivity contribution < 1.29 is 9.47 Å². The lowest BCUT2D eigenvalue weighted by atomic mass is 9.75. The molecule has 0 radical (unpaired) electrons. The Morgan fingerprint density at radius 1 is 0.714 bits per heavy atom. The van der Waals surface area contributed by atoms with Gasteiger partial charge in [0.15, 0.2) is 5.79 Å². The average Bonchev–Trinajstić information content (AvgIpc) is 2.40. The Balaban J connectivity index is -0.000000294. The smallest absolute Gasteiger partial charge is 0.171 e. The molecule has 0 aliphatic carbocycles. The number of hydrogen-bond acceptors (Lipinski definition) is 3. The molecule has 0 atom stereocenters. The van der Waals surface area contributed by atoms with Gasteiger partial charge in [-0.05, 0) is 41.2 Å². The zero-order valence-electron chi connectivity index (χ0n) is 15.9. The third-order valence-corrected chi connectivity index (χ3v) is 5.97. The standard InChI is InChI=1S/C19H37NO2.6CH4/c1-8-9-10-11-18(6)14-21-19(22-15-18)12-16(2,3)20(7)17(4,5)13-19;;;;;;/h8-15H2,1-7H3;6*1H4. The third-order valence-electron chi connectivity index (χ3n) is 5.97. The molecule has 3 nitrogen and oxygen atoms in total. The highest BCUT2D eigenvalue weighted by Crippen LogP contribution is 2.48. The van der Waals surface area contributed by atoms with Gasteiger partial charge in [-0.1, -0.05) is 77.7 Å². The van der Waals surface area contributed by atoms with E-state index in [2.05, 4.69) is 53.5 Å². The summed E-state index contributed by atoms with van der Waals surface area (Å²) in [5.41, 5.74) is 0.382. The van der Waals surface area contributed by atoms with E-state index in [4.69, 9.17) is 9.47 Å². The van der Waals surface area contributed by atoms with Crippen LogP contribution in [0.2, 0.25) is 0 Å². The molecule has 0 N–H and O–H groups in total. The Morgan fingerprint density at radius 2 is 1.11 bits per heavy atom. The molecular weight excluding hydrogens is 346 g/mol. The summed E-state index contributed by atoms with van der Waals surface area (Å²) in [7, 11) is 2.23. The fraction of sp³-hybridized carbons (Fsp3) is 1.00. The lowest BCUT2D eigenvalue weighted by Crippen LogP contribution is -2.67. The quantitative estimate of drug-likeness (QED) is 0.436. The maximum Gasteiger partial charge on any atom is 0.171 e. The predicted molar refractivity (Wildman–Crippen MR) is 132 cm³/mol. The van der Waals surface area contributed by atoms with Crippen LogP contribution < -0.4 is 0 Å². The maximum absolute atomic E-state index is 6.42. The van der Waals surface area contributed by atoms with Crippen LogP contribution in [0.4, 0.5) is 0 Å². The van der Waals surface area contributed by atoms with Crippen LogP contribution in [0.1, 0.15) is 125 Å². The van der Waals surface area contributed by atoms with E-state index in [9.17, 15) is 0 Å². The summed E-state index contributed by atoms with van der Waals surface area (Å²) in [5.74, 6) is -0.385. The number of piperidine rings is 1. The molecule has 0 saturated carbocycles. The van der Waals surface area contributed by atoms with Gasteiger partial charge in [0.05, 0.1) is 13.2 Å². The van der Waals surface area contributed by atoms with Crippen molar-refractivity contribution in [3.05, 3.63) is 0 Å². The van der Waals surface area contributed by atoms with Gasteiger partial charge in [-0.15, -0.1) is 0 Å². The summed E-state index contributed by atoms with van der Waals surface area (Å²) in [4.78, 5) is 2.48. The third kappa shape index (κ3) is 8.32. The minimum atomic E-state index is -0.385. The molecule has 2 aliphatic heterocycles. The second kappa shape index (κ2) is 13.2. The van der Waals surface area contributed by atoms with E-state index in [1.54, 1.807) is 0 Å². The zero-order valence-corrected chi connectivity index (χ0v) is 15.9. The molecule has 0 aromatic rings. The molecule has 28 heavy (non-hydrogen) atoms. The molecule has 2 heterocycles. The largest absolute Gasteiger partial charge is 0.349 e. The van der Waals surface area contributed by atoms with Crippen molar-refractivity contribution in [2.45, 2.75) is 141 Å². The molecule has 178 valence electrons. The number of unbranched alkanes of at least 4 members (excludes halogenated alkanes) is 2. The fourth-order valence-corrected chi connectivity index (χ4v) is 4.28. The van der Waals surface area contributed by atoms with Crippen molar-refractivity contribution >= 4 is 0 Å². The van der Waals surface area contributed by atoms with Gasteiger partial charge in [-0.2, -0.15) is 0 Å². The highest BCUT2D eigenvalue weighted by atomic mass is 16.7. The summed E-state index contributed by atoms with van der Waals surface area (Å²) in [6.07, 6.45) is 6.98. The molecule has 0 aromatic heterocycles. The summed E-state index contributed by atoms with van der Waals surface area (Å²) < 4.78 is 12.8. The SMILES string of the molecule is C.C.C.C.C.C.CCCCCC1(C)COC2(CC(C)(C)N(C)C(C)(C)C2)OC1. The predicted octanol–water partition coefficient (Wildman–Crippen LogP) is 8.42. The van der Waals surface area contributed by atoms with Crippen LogP contribution in [-0.4, -0.2) is 42.0 Å². The van der Waals surface area contributed by atoms with Crippen LogP contribution >= 0.6 is 0 Å². The fourth-order valence-electron chi connectivity index (χ4n) is 4.28. The Kier molecular flexibility index (Phi) is 18.2. The average molecular weight is 408 g/mol. The molecule has 2 fully saturated rings. The van der Waals surface area contributed by atoms with Gasteiger partial charge in [-0.3, -0.25) is 4.90 Å². The molecule has 2 aliphatic rings. The van der Waals surface area contributed by atoms with Crippen LogP contribution in [0.3, 0.4) is 0 Å². The van der Waals surface area contributed by atoms with E-state index in [-0.39, 0.29) is 66.8 Å². The van der Waals surface area contributed by atoms with E-state index in [1.165, 1.54) is 25.7 Å². The van der Waals surface area contributed by atoms with Crippen molar-refractivity contribution in [2.24, 2.45) is 5.41 Å². The van der Waals surface area contributed by atoms with Gasteiger partial charge < -0.3 is 9.47 Å². The highest BCUT2D eigenvalue weighted by molar-refractivity contribution is 5.04. The molecule has 0 bridgehead atoms. The van der Waals surface area contributed by atoms with Crippen LogP contribution in [0, 0.1) is 5.41 Å². The number of hydrogen-bond donors (Lipinski definition) is 0. The van der Waals surface area contributed by atoms with Crippen molar-refractivity contribution in [1.29, 1.82) is 0 Å². The van der Waals surface area contributed by atoms with Crippen molar-refractivity contribution in [1.82, 2.24) is 4.90 Å². The topological polar surface area (TPSA) is 21.7 Å². The Morgan fingerprint density at radius 3 is 1.46 bits per heavy atom. The first kappa shape index (κ1) is 38.5. The summed E-state index contributed by atoms with van der Waals surface area (Å²) in [6, 6.07) is 0. The highest BCUT2D eigenvalue weighted by Gasteiger charge is 2.54. The second-order valence-corrected chi connectivity index (χ2v) is 9.29. The van der Waals surface area contributed by atoms with Gasteiger partial charge in [-0.25, -0.2) is 0 Å². The van der Waals surface area contributed by atoms with Crippen LogP contribution in [0.25, 0.3) is 0 Å². The van der Waals surface area contributed by atoms with E-state index >= 15 is 0 Å². The number of ether oxygens (including phenoxy) is 2. The molecule has 0 amide bonds. The Hall–Kier alpha value is -0.120. The summed E-state index contributed by atoms with van der Waals surface area (Å²) in [6.45, 7) is 15.5. The van der Waals surface area contributed by atoms with Gasteiger partial charge in [0, 0.05) is 29.3 Å². The molecule has 0 aromatic carbocycles. The second-order valence-electron chi connectivity index (χ2n) is 9.29. The number of likely N-dealkylation sites (tertiary alicyclic amines) is 1. The van der Waals surface area contributed by atoms with Crippen molar-refractivity contribution in [3.8, 4) is 0 Å². The summed E-state index contributed by atoms with van der Waals surface area (Å²) >= 11 is 0. The lowest BCUT2D eigenvalue weighted by Gasteiger charge is -2.59. The first-order valence-corrected chi connectivity index (χ1v) is 9.06. The molecule has 1 spiro atoms. The number of nitrogens with zero attached hydrogens (tertiary/aromatic N) is 1. The Labute approximate surface area is 182 Å². The van der Waals surface area contributed by atoms with Gasteiger partial charge >= 0.3 is 0 Å². The van der Waals surface area contributed by atoms with E-state index < -0.39 is 0 Å². The zero-order chi connectivity index (χ0) is 16.6. The maximum atomic E-state index is 6.42. The van der Waals surface area contributed by atoms with Crippen molar-refractivity contribution in [3.63, 3.8) is 0 Å². The monoisotopic (exact) mass is 407 g/mol.